The minimum Gasteiger partial charge on any atom is -0.503 e. The summed E-state index contributed by atoms with van der Waals surface area (Å²) < 4.78 is 1.77. The molecule has 2 aromatic rings. The molecule has 8 nitrogen and oxygen atoms in total. The Balaban J connectivity index is 2.17. The van der Waals surface area contributed by atoms with Crippen LogP contribution in [0.2, 0.25) is 0 Å². The minimum atomic E-state index is -0.643. The number of hydrazone groups is 1. The lowest BCUT2D eigenvalue weighted by Crippen LogP contribution is -2.55. The van der Waals surface area contributed by atoms with Gasteiger partial charge in [0, 0.05) is 39.9 Å². The number of aromatic nitrogens is 2. The third-order valence-electron chi connectivity index (χ3n) is 5.06. The molecule has 3 rings (SSSR count). The molecular formula is C23H25N5O3. The van der Waals surface area contributed by atoms with Crippen LogP contribution < -0.4 is 0 Å². The topological polar surface area (TPSA) is 91.0 Å². The maximum atomic E-state index is 12.8. The quantitative estimate of drug-likeness (QED) is 0.348. The van der Waals surface area contributed by atoms with Crippen LogP contribution in [0.1, 0.15) is 37.6 Å². The number of nitrogens with zero attached hydrogens (tertiary/aromatic N) is 5. The number of aliphatic hydroxyl groups excluding tert-OH is 1. The molecule has 1 N–H and O–H groups in total. The van der Waals surface area contributed by atoms with E-state index in [0.717, 1.165) is 12.0 Å². The van der Waals surface area contributed by atoms with E-state index in [0.29, 0.717) is 5.69 Å². The van der Waals surface area contributed by atoms with Crippen LogP contribution in [0.3, 0.4) is 0 Å². The van der Waals surface area contributed by atoms with Crippen LogP contribution in [0, 0.1) is 11.8 Å². The number of carbonyl (C=O) groups excluding carboxylic acids is 2. The molecule has 1 aliphatic rings. The maximum absolute atomic E-state index is 12.8. The van der Waals surface area contributed by atoms with Crippen LogP contribution in [-0.4, -0.2) is 62.8 Å². The van der Waals surface area contributed by atoms with Crippen molar-refractivity contribution >= 4 is 18.4 Å². The second-order valence-corrected chi connectivity index (χ2v) is 7.18. The van der Waals surface area contributed by atoms with Crippen LogP contribution >= 0.6 is 0 Å². The Morgan fingerprint density at radius 2 is 2.06 bits per heavy atom. The summed E-state index contributed by atoms with van der Waals surface area (Å²) in [5, 5.41) is 20.4. The zero-order chi connectivity index (χ0) is 22.5. The van der Waals surface area contributed by atoms with Gasteiger partial charge in [0.1, 0.15) is 11.7 Å². The number of hydrogen-bond donors (Lipinski definition) is 1. The number of ketones is 1. The van der Waals surface area contributed by atoms with Crippen molar-refractivity contribution in [1.29, 1.82) is 0 Å². The SMILES string of the molecule is C=NN1/C(=C(/O)C(C)=O)C(=O)N(C)CC1C(c1ccccc1)n1ccc(C#CCC)n1. The maximum Gasteiger partial charge on any atom is 0.275 e. The van der Waals surface area contributed by atoms with E-state index in [9.17, 15) is 14.7 Å². The number of Topliss-reactive ketones (excluding diaryl/α,β-unsaturated/α-hetero) is 1. The molecule has 8 heteroatoms. The molecule has 0 saturated carbocycles. The number of piperazine rings is 1. The average Bonchev–Trinajstić information content (AvgIpc) is 3.23. The van der Waals surface area contributed by atoms with Gasteiger partial charge < -0.3 is 10.0 Å². The van der Waals surface area contributed by atoms with E-state index in [-0.39, 0.29) is 12.2 Å². The second kappa shape index (κ2) is 9.30. The summed E-state index contributed by atoms with van der Waals surface area (Å²) in [6, 6.07) is 10.6. The van der Waals surface area contributed by atoms with Crippen LogP contribution in [0.25, 0.3) is 0 Å². The van der Waals surface area contributed by atoms with Gasteiger partial charge in [-0.3, -0.25) is 14.3 Å². The van der Waals surface area contributed by atoms with Gasteiger partial charge in [-0.1, -0.05) is 43.2 Å². The molecule has 0 radical (unpaired) electrons. The van der Waals surface area contributed by atoms with E-state index in [1.54, 1.807) is 11.7 Å². The minimum absolute atomic E-state index is 0.194. The van der Waals surface area contributed by atoms with Crippen molar-refractivity contribution in [2.45, 2.75) is 32.4 Å². The number of aliphatic hydroxyl groups is 1. The van der Waals surface area contributed by atoms with Crippen molar-refractivity contribution < 1.29 is 14.7 Å². The number of rotatable bonds is 5. The van der Waals surface area contributed by atoms with E-state index >= 15 is 0 Å². The number of amides is 1. The summed E-state index contributed by atoms with van der Waals surface area (Å²) in [5.41, 5.74) is 1.35. The van der Waals surface area contributed by atoms with Gasteiger partial charge in [-0.2, -0.15) is 10.2 Å². The Kier molecular flexibility index (Phi) is 6.55. The van der Waals surface area contributed by atoms with Gasteiger partial charge in [0.05, 0.1) is 6.04 Å². The van der Waals surface area contributed by atoms with Gasteiger partial charge in [-0.15, -0.1) is 0 Å². The number of carbonyl (C=O) groups is 2. The molecule has 1 aliphatic heterocycles. The third-order valence-corrected chi connectivity index (χ3v) is 5.06. The Bertz CT molecular complexity index is 1080. The van der Waals surface area contributed by atoms with E-state index < -0.39 is 29.5 Å². The number of hydrogen-bond acceptors (Lipinski definition) is 6. The number of allylic oxidation sites excluding steroid dienone is 1. The second-order valence-electron chi connectivity index (χ2n) is 7.18. The highest BCUT2D eigenvalue weighted by Crippen LogP contribution is 2.33. The highest BCUT2D eigenvalue weighted by atomic mass is 16.3. The molecule has 1 saturated heterocycles. The molecule has 2 heterocycles. The lowest BCUT2D eigenvalue weighted by molar-refractivity contribution is -0.133. The summed E-state index contributed by atoms with van der Waals surface area (Å²) in [5.74, 6) is 4.25. The van der Waals surface area contributed by atoms with Gasteiger partial charge in [0.2, 0.25) is 0 Å². The summed E-state index contributed by atoms with van der Waals surface area (Å²) in [7, 11) is 1.62. The van der Waals surface area contributed by atoms with Gasteiger partial charge in [-0.05, 0) is 17.6 Å². The normalized spacial score (nSPS) is 18.8. The smallest absolute Gasteiger partial charge is 0.275 e. The van der Waals surface area contributed by atoms with Gasteiger partial charge >= 0.3 is 0 Å². The van der Waals surface area contributed by atoms with Crippen LogP contribution in [0.4, 0.5) is 0 Å². The van der Waals surface area contributed by atoms with Crippen molar-refractivity contribution in [1.82, 2.24) is 19.7 Å². The highest BCUT2D eigenvalue weighted by molar-refractivity contribution is 6.03. The monoisotopic (exact) mass is 419 g/mol. The van der Waals surface area contributed by atoms with Crippen molar-refractivity contribution in [3.05, 3.63) is 65.3 Å². The zero-order valence-electron chi connectivity index (χ0n) is 17.8. The molecule has 2 unspecified atom stereocenters. The van der Waals surface area contributed by atoms with Crippen LogP contribution in [-0.2, 0) is 9.59 Å². The molecule has 0 aliphatic carbocycles. The molecule has 1 aromatic carbocycles. The van der Waals surface area contributed by atoms with E-state index in [1.807, 2.05) is 49.5 Å². The first-order chi connectivity index (χ1) is 14.9. The zero-order valence-corrected chi connectivity index (χ0v) is 17.8. The largest absolute Gasteiger partial charge is 0.503 e. The fourth-order valence-electron chi connectivity index (χ4n) is 3.61. The molecule has 160 valence electrons. The highest BCUT2D eigenvalue weighted by Gasteiger charge is 2.42. The lowest BCUT2D eigenvalue weighted by Gasteiger charge is -2.42. The molecule has 1 fully saturated rings. The Morgan fingerprint density at radius 3 is 2.68 bits per heavy atom. The predicted octanol–water partition coefficient (Wildman–Crippen LogP) is 2.35. The van der Waals surface area contributed by atoms with E-state index in [2.05, 4.69) is 28.8 Å². The van der Waals surface area contributed by atoms with Crippen LogP contribution in [0.15, 0.2) is 59.2 Å². The van der Waals surface area contributed by atoms with Crippen LogP contribution in [0.5, 0.6) is 0 Å². The average molecular weight is 419 g/mol. The van der Waals surface area contributed by atoms with Gasteiger partial charge in [-0.25, -0.2) is 5.01 Å². The Morgan fingerprint density at radius 1 is 1.35 bits per heavy atom. The van der Waals surface area contributed by atoms with Gasteiger partial charge in [0.25, 0.3) is 5.91 Å². The number of likely N-dealkylation sites (N-methyl/N-ethyl adjacent to an activating group) is 1. The summed E-state index contributed by atoms with van der Waals surface area (Å²) in [4.78, 5) is 26.1. The first kappa shape index (κ1) is 21.8. The van der Waals surface area contributed by atoms with Crippen molar-refractivity contribution in [3.63, 3.8) is 0 Å². The van der Waals surface area contributed by atoms with Crippen molar-refractivity contribution in [3.8, 4) is 11.8 Å². The molecule has 1 amide bonds. The molecule has 0 spiro atoms. The van der Waals surface area contributed by atoms with E-state index in [1.165, 1.54) is 16.8 Å². The molecule has 2 atom stereocenters. The van der Waals surface area contributed by atoms with E-state index in [4.69, 9.17) is 0 Å². The van der Waals surface area contributed by atoms with Gasteiger partial charge in [0.15, 0.2) is 17.2 Å². The van der Waals surface area contributed by atoms with Crippen molar-refractivity contribution in [2.24, 2.45) is 5.10 Å². The summed E-state index contributed by atoms with van der Waals surface area (Å²) in [6.45, 7) is 7.04. The standard InChI is InChI=1S/C23H25N5O3/c1-5-6-12-18-13-14-27(25-18)20(17-10-8-7-9-11-17)19-15-26(4)23(31)21(28(19)24-3)22(30)16(2)29/h7-11,13-14,19-20,30H,3,5,15H2,1-2,4H3/b22-21+. The predicted molar refractivity (Wildman–Crippen MR) is 117 cm³/mol. The fourth-order valence-corrected chi connectivity index (χ4v) is 3.61. The first-order valence-electron chi connectivity index (χ1n) is 9.93. The molecule has 0 bridgehead atoms. The Hall–Kier alpha value is -3.86. The third kappa shape index (κ3) is 4.36. The first-order valence-corrected chi connectivity index (χ1v) is 9.93. The fraction of sp³-hybridized carbons (Fsp3) is 0.304. The Labute approximate surface area is 181 Å². The number of benzene rings is 1. The molecular weight excluding hydrogens is 394 g/mol. The molecule has 31 heavy (non-hydrogen) atoms. The summed E-state index contributed by atoms with van der Waals surface area (Å²) in [6.07, 6.45) is 2.54. The summed E-state index contributed by atoms with van der Waals surface area (Å²) >= 11 is 0. The lowest BCUT2D eigenvalue weighted by atomic mass is 9.95. The van der Waals surface area contributed by atoms with Crippen molar-refractivity contribution in [2.75, 3.05) is 13.6 Å². The molecule has 1 aromatic heterocycles.